The number of aromatic nitrogens is 4. The monoisotopic (exact) mass is 440 g/mol. The molecule has 0 saturated heterocycles. The highest BCUT2D eigenvalue weighted by molar-refractivity contribution is 7.98. The van der Waals surface area contributed by atoms with Crippen LogP contribution >= 0.6 is 23.1 Å². The number of nitrogens with two attached hydrogens (primary N) is 1. The zero-order valence-corrected chi connectivity index (χ0v) is 17.5. The van der Waals surface area contributed by atoms with E-state index in [2.05, 4.69) is 15.2 Å². The first kappa shape index (κ1) is 20.0. The third kappa shape index (κ3) is 4.19. The molecule has 0 radical (unpaired) electrons. The summed E-state index contributed by atoms with van der Waals surface area (Å²) in [7, 11) is 0. The molecule has 152 valence electrons. The Bertz CT molecular complexity index is 1160. The van der Waals surface area contributed by atoms with Gasteiger partial charge in [0.2, 0.25) is 11.1 Å². The van der Waals surface area contributed by atoms with Crippen molar-refractivity contribution in [2.45, 2.75) is 17.8 Å². The molecule has 0 bridgehead atoms. The zero-order chi connectivity index (χ0) is 21.1. The quantitative estimate of drug-likeness (QED) is 0.356. The second kappa shape index (κ2) is 8.64. The van der Waals surface area contributed by atoms with Crippen LogP contribution in [0, 0.1) is 5.82 Å². The molecule has 0 atom stereocenters. The summed E-state index contributed by atoms with van der Waals surface area (Å²) in [6.45, 7) is 1.51. The maximum Gasteiger partial charge on any atom is 0.230 e. The third-order valence-corrected chi connectivity index (χ3v) is 6.03. The highest BCUT2D eigenvalue weighted by atomic mass is 32.2. The fourth-order valence-corrected chi connectivity index (χ4v) is 4.52. The van der Waals surface area contributed by atoms with Crippen molar-refractivity contribution in [3.05, 3.63) is 71.5 Å². The summed E-state index contributed by atoms with van der Waals surface area (Å²) in [6, 6.07) is 15.3. The standard InChI is InChI=1S/C20H17FN6OS2/c1-13(28)26(17-5-3-2-4-6-17)19-23-16(11-29-19)12-30-20-25-24-18(27(20)22)14-7-9-15(21)10-8-14/h2-11H,12,22H2,1H3. The van der Waals surface area contributed by atoms with E-state index in [1.54, 1.807) is 17.0 Å². The van der Waals surface area contributed by atoms with Gasteiger partial charge in [-0.3, -0.25) is 9.69 Å². The van der Waals surface area contributed by atoms with Gasteiger partial charge in [0.05, 0.1) is 11.4 Å². The van der Waals surface area contributed by atoms with E-state index in [9.17, 15) is 9.18 Å². The van der Waals surface area contributed by atoms with Crippen LogP contribution in [-0.4, -0.2) is 25.8 Å². The van der Waals surface area contributed by atoms with E-state index in [0.29, 0.717) is 27.4 Å². The third-order valence-electron chi connectivity index (χ3n) is 4.18. The Kier molecular flexibility index (Phi) is 5.77. The number of nitrogens with zero attached hydrogens (tertiary/aromatic N) is 5. The molecule has 0 aliphatic heterocycles. The van der Waals surface area contributed by atoms with Crippen LogP contribution in [0.15, 0.2) is 65.1 Å². The highest BCUT2D eigenvalue weighted by Gasteiger charge is 2.18. The average molecular weight is 441 g/mol. The lowest BCUT2D eigenvalue weighted by atomic mass is 10.2. The smallest absolute Gasteiger partial charge is 0.230 e. The molecule has 2 aromatic heterocycles. The summed E-state index contributed by atoms with van der Waals surface area (Å²) in [6.07, 6.45) is 0. The Labute approximate surface area is 180 Å². The molecule has 7 nitrogen and oxygen atoms in total. The van der Waals surface area contributed by atoms with Gasteiger partial charge in [0.25, 0.3) is 0 Å². The fourth-order valence-electron chi connectivity index (χ4n) is 2.78. The lowest BCUT2D eigenvalue weighted by Gasteiger charge is -2.17. The van der Waals surface area contributed by atoms with Crippen LogP contribution in [0.2, 0.25) is 0 Å². The molecule has 30 heavy (non-hydrogen) atoms. The minimum absolute atomic E-state index is 0.111. The molecule has 4 aromatic rings. The van der Waals surface area contributed by atoms with E-state index in [-0.39, 0.29) is 11.7 Å². The van der Waals surface area contributed by atoms with Crippen molar-refractivity contribution in [3.8, 4) is 11.4 Å². The number of nitrogen functional groups attached to an aromatic ring is 1. The number of para-hydroxylation sites is 1. The van der Waals surface area contributed by atoms with E-state index in [0.717, 1.165) is 11.4 Å². The highest BCUT2D eigenvalue weighted by Crippen LogP contribution is 2.31. The van der Waals surface area contributed by atoms with Crippen LogP contribution in [-0.2, 0) is 10.5 Å². The molecular weight excluding hydrogens is 423 g/mol. The number of rotatable bonds is 6. The topological polar surface area (TPSA) is 89.9 Å². The van der Waals surface area contributed by atoms with Crippen LogP contribution in [0.1, 0.15) is 12.6 Å². The number of carbonyl (C=O) groups is 1. The second-order valence-electron chi connectivity index (χ2n) is 6.28. The molecule has 2 heterocycles. The molecule has 1 amide bonds. The van der Waals surface area contributed by atoms with Gasteiger partial charge >= 0.3 is 0 Å². The minimum atomic E-state index is -0.328. The van der Waals surface area contributed by atoms with Gasteiger partial charge in [0.15, 0.2) is 11.0 Å². The number of thiazole rings is 1. The van der Waals surface area contributed by atoms with E-state index in [1.807, 2.05) is 35.7 Å². The maximum atomic E-state index is 13.1. The van der Waals surface area contributed by atoms with Gasteiger partial charge in [-0.1, -0.05) is 30.0 Å². The van der Waals surface area contributed by atoms with Crippen molar-refractivity contribution in [3.63, 3.8) is 0 Å². The van der Waals surface area contributed by atoms with Crippen molar-refractivity contribution in [1.82, 2.24) is 19.9 Å². The van der Waals surface area contributed by atoms with Crippen LogP contribution in [0.25, 0.3) is 11.4 Å². The largest absolute Gasteiger partial charge is 0.335 e. The molecule has 0 aliphatic carbocycles. The van der Waals surface area contributed by atoms with Crippen molar-refractivity contribution in [2.24, 2.45) is 0 Å². The Morgan fingerprint density at radius 3 is 2.60 bits per heavy atom. The first-order chi connectivity index (χ1) is 14.5. The summed E-state index contributed by atoms with van der Waals surface area (Å²) >= 11 is 2.77. The molecule has 0 fully saturated rings. The summed E-state index contributed by atoms with van der Waals surface area (Å²) in [5, 5.41) is 11.2. The summed E-state index contributed by atoms with van der Waals surface area (Å²) < 4.78 is 14.5. The van der Waals surface area contributed by atoms with Crippen LogP contribution in [0.4, 0.5) is 15.2 Å². The van der Waals surface area contributed by atoms with E-state index >= 15 is 0 Å². The van der Waals surface area contributed by atoms with Crippen molar-refractivity contribution in [2.75, 3.05) is 10.7 Å². The summed E-state index contributed by atoms with van der Waals surface area (Å²) in [5.41, 5.74) is 2.24. The molecule has 10 heteroatoms. The van der Waals surface area contributed by atoms with Crippen LogP contribution < -0.4 is 10.7 Å². The molecule has 2 aromatic carbocycles. The van der Waals surface area contributed by atoms with Gasteiger partial charge in [-0.05, 0) is 36.4 Å². The SMILES string of the molecule is CC(=O)N(c1ccccc1)c1nc(CSc2nnc(-c3ccc(F)cc3)n2N)cs1. The number of amides is 1. The van der Waals surface area contributed by atoms with E-state index in [1.165, 1.54) is 46.8 Å². The fraction of sp³-hybridized carbons (Fsp3) is 0.100. The first-order valence-corrected chi connectivity index (χ1v) is 10.8. The first-order valence-electron chi connectivity index (χ1n) is 8.92. The number of hydrogen-bond acceptors (Lipinski definition) is 7. The molecule has 4 rings (SSSR count). The maximum absolute atomic E-state index is 13.1. The van der Waals surface area contributed by atoms with Crippen molar-refractivity contribution < 1.29 is 9.18 Å². The van der Waals surface area contributed by atoms with Gasteiger partial charge in [-0.2, -0.15) is 0 Å². The van der Waals surface area contributed by atoms with Gasteiger partial charge in [0, 0.05) is 23.6 Å². The van der Waals surface area contributed by atoms with Crippen molar-refractivity contribution >= 4 is 39.8 Å². The van der Waals surface area contributed by atoms with Gasteiger partial charge in [-0.15, -0.1) is 21.5 Å². The Morgan fingerprint density at radius 1 is 1.17 bits per heavy atom. The molecule has 0 aliphatic rings. The summed E-state index contributed by atoms with van der Waals surface area (Å²) in [4.78, 5) is 18.3. The molecule has 0 spiro atoms. The number of anilines is 2. The number of benzene rings is 2. The Balaban J connectivity index is 1.49. The molecule has 0 saturated carbocycles. The lowest BCUT2D eigenvalue weighted by molar-refractivity contribution is -0.115. The predicted octanol–water partition coefficient (Wildman–Crippen LogP) is 4.23. The Hall–Kier alpha value is -3.24. The molecule has 0 unspecified atom stereocenters. The summed E-state index contributed by atoms with van der Waals surface area (Å²) in [5.74, 6) is 6.63. The number of hydrogen-bond donors (Lipinski definition) is 1. The number of carbonyl (C=O) groups excluding carboxylic acids is 1. The number of thioether (sulfide) groups is 1. The Morgan fingerprint density at radius 2 is 1.90 bits per heavy atom. The van der Waals surface area contributed by atoms with Gasteiger partial charge in [0.1, 0.15) is 5.82 Å². The minimum Gasteiger partial charge on any atom is -0.335 e. The molecule has 2 N–H and O–H groups in total. The average Bonchev–Trinajstić information content (AvgIpc) is 3.34. The van der Waals surface area contributed by atoms with E-state index < -0.39 is 0 Å². The van der Waals surface area contributed by atoms with Crippen LogP contribution in [0.3, 0.4) is 0 Å². The molecular formula is C20H17FN6OS2. The van der Waals surface area contributed by atoms with Crippen molar-refractivity contribution in [1.29, 1.82) is 0 Å². The van der Waals surface area contributed by atoms with Gasteiger partial charge < -0.3 is 5.84 Å². The normalized spacial score (nSPS) is 10.9. The lowest BCUT2D eigenvalue weighted by Crippen LogP contribution is -2.22. The van der Waals surface area contributed by atoms with Crippen LogP contribution in [0.5, 0.6) is 0 Å². The zero-order valence-electron chi connectivity index (χ0n) is 15.9. The number of halogens is 1. The predicted molar refractivity (Wildman–Crippen MR) is 117 cm³/mol. The second-order valence-corrected chi connectivity index (χ2v) is 8.06. The van der Waals surface area contributed by atoms with E-state index in [4.69, 9.17) is 5.84 Å². The van der Waals surface area contributed by atoms with Gasteiger partial charge in [-0.25, -0.2) is 14.1 Å².